The van der Waals surface area contributed by atoms with Crippen molar-refractivity contribution < 1.29 is 13.5 Å². The number of thiocarbonyl (C=S) groups is 1. The van der Waals surface area contributed by atoms with Gasteiger partial charge in [-0.1, -0.05) is 23.8 Å². The van der Waals surface area contributed by atoms with E-state index in [-0.39, 0.29) is 10.7 Å². The normalized spacial score (nSPS) is 10.3. The fourth-order valence-electron chi connectivity index (χ4n) is 1.60. The van der Waals surface area contributed by atoms with Gasteiger partial charge in [-0.05, 0) is 31.2 Å². The Kier molecular flexibility index (Phi) is 3.76. The van der Waals surface area contributed by atoms with Gasteiger partial charge in [0.1, 0.15) is 16.6 Å². The van der Waals surface area contributed by atoms with Gasteiger partial charge in [-0.3, -0.25) is 0 Å². The molecule has 5 heteroatoms. The van der Waals surface area contributed by atoms with Crippen LogP contribution in [0.2, 0.25) is 0 Å². The Morgan fingerprint density at radius 2 is 1.84 bits per heavy atom. The van der Waals surface area contributed by atoms with Crippen molar-refractivity contribution in [3.8, 4) is 11.5 Å². The number of halogens is 2. The molecule has 0 saturated heterocycles. The van der Waals surface area contributed by atoms with E-state index in [9.17, 15) is 8.78 Å². The van der Waals surface area contributed by atoms with Crippen LogP contribution in [0.3, 0.4) is 0 Å². The Bertz CT molecular complexity index is 643. The predicted molar refractivity (Wildman–Crippen MR) is 73.5 cm³/mol. The quantitative estimate of drug-likeness (QED) is 0.870. The van der Waals surface area contributed by atoms with Crippen molar-refractivity contribution in [1.29, 1.82) is 0 Å². The smallest absolute Gasteiger partial charge is 0.166 e. The summed E-state index contributed by atoms with van der Waals surface area (Å²) in [5.74, 6) is -1.15. The first kappa shape index (κ1) is 13.4. The van der Waals surface area contributed by atoms with E-state index in [1.807, 2.05) is 6.92 Å². The summed E-state index contributed by atoms with van der Waals surface area (Å²) in [6, 6.07) is 8.11. The van der Waals surface area contributed by atoms with Crippen molar-refractivity contribution in [2.75, 3.05) is 0 Å². The molecule has 0 atom stereocenters. The van der Waals surface area contributed by atoms with Crippen LogP contribution < -0.4 is 10.5 Å². The van der Waals surface area contributed by atoms with Crippen LogP contribution in [0.5, 0.6) is 11.5 Å². The van der Waals surface area contributed by atoms with Crippen LogP contribution in [-0.4, -0.2) is 4.99 Å². The van der Waals surface area contributed by atoms with E-state index in [4.69, 9.17) is 22.7 Å². The highest BCUT2D eigenvalue weighted by molar-refractivity contribution is 7.80. The van der Waals surface area contributed by atoms with Gasteiger partial charge in [0, 0.05) is 6.07 Å². The van der Waals surface area contributed by atoms with Crippen molar-refractivity contribution in [2.45, 2.75) is 6.92 Å². The van der Waals surface area contributed by atoms with E-state index in [2.05, 4.69) is 0 Å². The van der Waals surface area contributed by atoms with Crippen LogP contribution >= 0.6 is 12.2 Å². The average Bonchev–Trinajstić information content (AvgIpc) is 2.35. The van der Waals surface area contributed by atoms with Crippen LogP contribution in [-0.2, 0) is 0 Å². The van der Waals surface area contributed by atoms with Gasteiger partial charge in [-0.25, -0.2) is 8.78 Å². The molecule has 2 aromatic rings. The molecule has 98 valence electrons. The summed E-state index contributed by atoms with van der Waals surface area (Å²) < 4.78 is 31.9. The van der Waals surface area contributed by atoms with E-state index >= 15 is 0 Å². The lowest BCUT2D eigenvalue weighted by molar-refractivity contribution is 0.436. The molecule has 2 aromatic carbocycles. The van der Waals surface area contributed by atoms with Crippen molar-refractivity contribution in [3.63, 3.8) is 0 Å². The van der Waals surface area contributed by atoms with Crippen LogP contribution in [0.1, 0.15) is 11.1 Å². The third kappa shape index (κ3) is 3.06. The largest absolute Gasteiger partial charge is 0.453 e. The molecule has 19 heavy (non-hydrogen) atoms. The molecule has 0 heterocycles. The first-order valence-electron chi connectivity index (χ1n) is 5.51. The van der Waals surface area contributed by atoms with Gasteiger partial charge in [-0.15, -0.1) is 0 Å². The molecule has 0 aliphatic rings. The number of nitrogens with two attached hydrogens (primary N) is 1. The molecule has 0 saturated carbocycles. The summed E-state index contributed by atoms with van der Waals surface area (Å²) in [7, 11) is 0. The maximum absolute atomic E-state index is 13.5. The van der Waals surface area contributed by atoms with Crippen LogP contribution in [0, 0.1) is 18.6 Å². The maximum Gasteiger partial charge on any atom is 0.166 e. The summed E-state index contributed by atoms with van der Waals surface area (Å²) in [6.45, 7) is 1.87. The van der Waals surface area contributed by atoms with Crippen molar-refractivity contribution >= 4 is 17.2 Å². The second-order valence-electron chi connectivity index (χ2n) is 4.04. The minimum Gasteiger partial charge on any atom is -0.453 e. The van der Waals surface area contributed by atoms with Gasteiger partial charge >= 0.3 is 0 Å². The predicted octanol–water partition coefficient (Wildman–Crippen LogP) is 3.70. The Balaban J connectivity index is 2.43. The minimum atomic E-state index is -0.657. The number of hydrogen-bond acceptors (Lipinski definition) is 2. The highest BCUT2D eigenvalue weighted by Gasteiger charge is 2.11. The Morgan fingerprint density at radius 3 is 2.53 bits per heavy atom. The molecular weight excluding hydrogens is 268 g/mol. The fourth-order valence-corrected chi connectivity index (χ4v) is 1.76. The molecule has 0 fully saturated rings. The first-order chi connectivity index (χ1) is 8.97. The molecule has 2 rings (SSSR count). The van der Waals surface area contributed by atoms with Crippen molar-refractivity contribution in [3.05, 3.63) is 59.2 Å². The first-order valence-corrected chi connectivity index (χ1v) is 5.91. The SMILES string of the molecule is Cc1ccc(Oc2cc(F)ccc2F)c(C(N)=S)c1. The summed E-state index contributed by atoms with van der Waals surface area (Å²) in [6.07, 6.45) is 0. The fraction of sp³-hybridized carbons (Fsp3) is 0.0714. The standard InChI is InChI=1S/C14H11F2NOS/c1-8-2-5-12(10(6-8)14(17)19)18-13-7-9(15)3-4-11(13)16/h2-7H,1H3,(H2,17,19). The zero-order chi connectivity index (χ0) is 14.0. The summed E-state index contributed by atoms with van der Waals surface area (Å²) in [5.41, 5.74) is 7.01. The minimum absolute atomic E-state index is 0.135. The third-order valence-corrected chi connectivity index (χ3v) is 2.73. The lowest BCUT2D eigenvalue weighted by Gasteiger charge is -2.11. The van der Waals surface area contributed by atoms with Gasteiger partial charge in [-0.2, -0.15) is 0 Å². The molecule has 0 spiro atoms. The second-order valence-corrected chi connectivity index (χ2v) is 4.48. The van der Waals surface area contributed by atoms with Gasteiger partial charge in [0.05, 0.1) is 5.56 Å². The summed E-state index contributed by atoms with van der Waals surface area (Å²) in [4.78, 5) is 0.135. The number of ether oxygens (including phenoxy) is 1. The molecule has 0 aliphatic heterocycles. The topological polar surface area (TPSA) is 35.2 Å². The number of aryl methyl sites for hydroxylation is 1. The highest BCUT2D eigenvalue weighted by atomic mass is 32.1. The van der Waals surface area contributed by atoms with Crippen LogP contribution in [0.25, 0.3) is 0 Å². The Labute approximate surface area is 114 Å². The van der Waals surface area contributed by atoms with E-state index in [0.29, 0.717) is 11.3 Å². The van der Waals surface area contributed by atoms with Crippen molar-refractivity contribution in [2.24, 2.45) is 5.73 Å². The van der Waals surface area contributed by atoms with Gasteiger partial charge in [0.2, 0.25) is 0 Å². The van der Waals surface area contributed by atoms with E-state index in [1.54, 1.807) is 18.2 Å². The number of benzene rings is 2. The molecule has 0 unspecified atom stereocenters. The molecule has 0 radical (unpaired) electrons. The lowest BCUT2D eigenvalue weighted by Crippen LogP contribution is -2.11. The lowest BCUT2D eigenvalue weighted by atomic mass is 10.1. The van der Waals surface area contributed by atoms with E-state index in [1.165, 1.54) is 0 Å². The monoisotopic (exact) mass is 279 g/mol. The molecule has 0 aliphatic carbocycles. The summed E-state index contributed by atoms with van der Waals surface area (Å²) in [5, 5.41) is 0. The highest BCUT2D eigenvalue weighted by Crippen LogP contribution is 2.28. The summed E-state index contributed by atoms with van der Waals surface area (Å²) >= 11 is 4.91. The zero-order valence-electron chi connectivity index (χ0n) is 10.1. The van der Waals surface area contributed by atoms with E-state index < -0.39 is 11.6 Å². The molecule has 0 aromatic heterocycles. The van der Waals surface area contributed by atoms with E-state index in [0.717, 1.165) is 23.8 Å². The van der Waals surface area contributed by atoms with Crippen molar-refractivity contribution in [1.82, 2.24) is 0 Å². The molecule has 2 nitrogen and oxygen atoms in total. The van der Waals surface area contributed by atoms with Crippen LogP contribution in [0.15, 0.2) is 36.4 Å². The number of hydrogen-bond donors (Lipinski definition) is 1. The second kappa shape index (κ2) is 5.32. The molecule has 2 N–H and O–H groups in total. The van der Waals surface area contributed by atoms with Gasteiger partial charge in [0.15, 0.2) is 11.6 Å². The molecule has 0 bridgehead atoms. The van der Waals surface area contributed by atoms with Gasteiger partial charge in [0.25, 0.3) is 0 Å². The average molecular weight is 279 g/mol. The molecule has 0 amide bonds. The van der Waals surface area contributed by atoms with Gasteiger partial charge < -0.3 is 10.5 Å². The third-order valence-electron chi connectivity index (χ3n) is 2.51. The Morgan fingerprint density at radius 1 is 1.11 bits per heavy atom. The number of rotatable bonds is 3. The zero-order valence-corrected chi connectivity index (χ0v) is 10.9. The maximum atomic E-state index is 13.5. The molecular formula is C14H11F2NOS. The Hall–Kier alpha value is -2.01. The van der Waals surface area contributed by atoms with Crippen LogP contribution in [0.4, 0.5) is 8.78 Å².